The van der Waals surface area contributed by atoms with Crippen molar-refractivity contribution in [2.75, 3.05) is 0 Å². The Kier molecular flexibility index (Phi) is 4.60. The second-order valence-corrected chi connectivity index (χ2v) is 5.91. The summed E-state index contributed by atoms with van der Waals surface area (Å²) >= 11 is 6.05. The van der Waals surface area contributed by atoms with Crippen LogP contribution < -0.4 is 10.7 Å². The molecule has 0 radical (unpaired) electrons. The van der Waals surface area contributed by atoms with Crippen molar-refractivity contribution in [2.45, 2.75) is 11.4 Å². The van der Waals surface area contributed by atoms with Crippen molar-refractivity contribution in [3.8, 4) is 5.75 Å². The van der Waals surface area contributed by atoms with Crippen LogP contribution in [-0.4, -0.2) is 32.5 Å². The quantitative estimate of drug-likeness (QED) is 0.361. The average Bonchev–Trinajstić information content (AvgIpc) is 2.61. The minimum Gasteiger partial charge on any atom is -0.595 e. The third kappa shape index (κ3) is 3.15. The first-order valence-electron chi connectivity index (χ1n) is 7.29. The molecule has 2 aromatic rings. The van der Waals surface area contributed by atoms with Gasteiger partial charge in [0.05, 0.1) is 5.56 Å². The maximum atomic E-state index is 12.3. The molecule has 2 amide bonds. The van der Waals surface area contributed by atoms with Crippen molar-refractivity contribution in [2.24, 2.45) is 0 Å². The van der Waals surface area contributed by atoms with Crippen LogP contribution >= 0.6 is 11.6 Å². The van der Waals surface area contributed by atoms with Gasteiger partial charge in [-0.1, -0.05) is 24.3 Å². The fraction of sp³-hybridized carbons (Fsp3) is 0.125. The van der Waals surface area contributed by atoms with Gasteiger partial charge in [-0.3, -0.25) is 15.0 Å². The Morgan fingerprint density at radius 2 is 1.96 bits per heavy atom. The molecule has 3 atom stereocenters. The molecule has 0 bridgehead atoms. The molecule has 1 aliphatic heterocycles. The molecular formula is C16H14ClN3O5. The van der Waals surface area contributed by atoms with Gasteiger partial charge in [0.2, 0.25) is 0 Å². The predicted molar refractivity (Wildman–Crippen MR) is 87.0 cm³/mol. The number of amides is 2. The van der Waals surface area contributed by atoms with E-state index in [0.717, 1.165) is 5.01 Å². The van der Waals surface area contributed by atoms with Crippen molar-refractivity contribution < 1.29 is 25.1 Å². The molecule has 0 aliphatic carbocycles. The van der Waals surface area contributed by atoms with Crippen molar-refractivity contribution in [1.82, 2.24) is 10.4 Å². The standard InChI is InChI=1S/C16H14ClN3O5/c17-13-14(9-4-3-5-10(8-9)20(24)25)19(16(13)23)18-15(22)11-6-1-2-7-12(11)21/h1-8,13-14,20-21,24H,(H,18,22). The van der Waals surface area contributed by atoms with Gasteiger partial charge < -0.3 is 10.3 Å². The van der Waals surface area contributed by atoms with Gasteiger partial charge in [0.15, 0.2) is 5.69 Å². The lowest BCUT2D eigenvalue weighted by molar-refractivity contribution is -0.991. The molecule has 0 spiro atoms. The lowest BCUT2D eigenvalue weighted by Gasteiger charge is -2.44. The summed E-state index contributed by atoms with van der Waals surface area (Å²) in [5.74, 6) is -1.41. The Morgan fingerprint density at radius 3 is 2.64 bits per heavy atom. The second-order valence-electron chi connectivity index (χ2n) is 5.44. The van der Waals surface area contributed by atoms with Crippen LogP contribution in [0.5, 0.6) is 5.75 Å². The highest BCUT2D eigenvalue weighted by molar-refractivity contribution is 6.33. The molecule has 0 aromatic heterocycles. The predicted octanol–water partition coefficient (Wildman–Crippen LogP) is 0.631. The van der Waals surface area contributed by atoms with Gasteiger partial charge in [0.25, 0.3) is 11.8 Å². The van der Waals surface area contributed by atoms with Crippen LogP contribution in [0.4, 0.5) is 5.69 Å². The number of aromatic hydroxyl groups is 1. The number of carbonyl (C=O) groups excluding carboxylic acids is 2. The van der Waals surface area contributed by atoms with Gasteiger partial charge in [-0.05, 0) is 17.7 Å². The maximum absolute atomic E-state index is 12.3. The summed E-state index contributed by atoms with van der Waals surface area (Å²) < 4.78 is 0. The summed E-state index contributed by atoms with van der Waals surface area (Å²) in [6.07, 6.45) is 0. The van der Waals surface area contributed by atoms with Gasteiger partial charge in [0, 0.05) is 12.1 Å². The van der Waals surface area contributed by atoms with E-state index in [0.29, 0.717) is 5.56 Å². The molecule has 1 saturated heterocycles. The van der Waals surface area contributed by atoms with E-state index in [2.05, 4.69) is 5.43 Å². The Balaban J connectivity index is 1.83. The molecule has 1 aliphatic rings. The Bertz CT molecular complexity index is 829. The topological polar surface area (TPSA) is 117 Å². The zero-order valence-electron chi connectivity index (χ0n) is 12.7. The summed E-state index contributed by atoms with van der Waals surface area (Å²) in [4.78, 5) is 24.3. The first-order chi connectivity index (χ1) is 11.9. The van der Waals surface area contributed by atoms with E-state index in [1.54, 1.807) is 18.2 Å². The highest BCUT2D eigenvalue weighted by Gasteiger charge is 2.48. The van der Waals surface area contributed by atoms with Crippen molar-refractivity contribution >= 4 is 29.1 Å². The van der Waals surface area contributed by atoms with Crippen LogP contribution in [0.15, 0.2) is 48.5 Å². The lowest BCUT2D eigenvalue weighted by Crippen LogP contribution is -2.99. The van der Waals surface area contributed by atoms with E-state index in [9.17, 15) is 19.9 Å². The van der Waals surface area contributed by atoms with E-state index < -0.39 is 28.5 Å². The zero-order valence-corrected chi connectivity index (χ0v) is 13.5. The van der Waals surface area contributed by atoms with Gasteiger partial charge >= 0.3 is 0 Å². The number of β-lactam (4-membered cyclic amide) rings is 1. The molecule has 8 nitrogen and oxygen atoms in total. The summed E-state index contributed by atoms with van der Waals surface area (Å²) in [7, 11) is 0. The summed E-state index contributed by atoms with van der Waals surface area (Å²) in [5, 5.41) is 28.9. The van der Waals surface area contributed by atoms with Gasteiger partial charge in [-0.25, -0.2) is 10.2 Å². The summed E-state index contributed by atoms with van der Waals surface area (Å²) in [6.45, 7) is 0. The maximum Gasteiger partial charge on any atom is 0.273 e. The summed E-state index contributed by atoms with van der Waals surface area (Å²) in [6, 6.07) is 11.2. The van der Waals surface area contributed by atoms with Gasteiger partial charge in [-0.15, -0.1) is 11.6 Å². The molecule has 130 valence electrons. The van der Waals surface area contributed by atoms with Crippen LogP contribution in [0.3, 0.4) is 0 Å². The molecule has 3 unspecified atom stereocenters. The fourth-order valence-electron chi connectivity index (χ4n) is 2.59. The number of phenols is 1. The largest absolute Gasteiger partial charge is 0.595 e. The Hall–Kier alpha value is -2.65. The molecular weight excluding hydrogens is 350 g/mol. The van der Waals surface area contributed by atoms with Crippen molar-refractivity contribution in [1.29, 1.82) is 0 Å². The summed E-state index contributed by atoms with van der Waals surface area (Å²) in [5.41, 5.74) is 2.94. The number of halogens is 1. The molecule has 0 saturated carbocycles. The number of nitrogens with one attached hydrogen (secondary N) is 2. The van der Waals surface area contributed by atoms with Gasteiger partial charge in [-0.2, -0.15) is 5.23 Å². The Labute approximate surface area is 147 Å². The monoisotopic (exact) mass is 363 g/mol. The zero-order chi connectivity index (χ0) is 18.1. The van der Waals surface area contributed by atoms with Crippen molar-refractivity contribution in [3.05, 3.63) is 64.9 Å². The number of alkyl halides is 1. The van der Waals surface area contributed by atoms with E-state index in [4.69, 9.17) is 16.8 Å². The van der Waals surface area contributed by atoms with Crippen LogP contribution in [0.2, 0.25) is 0 Å². The molecule has 1 fully saturated rings. The molecule has 1 heterocycles. The normalized spacial score (nSPS) is 20.8. The first-order valence-corrected chi connectivity index (χ1v) is 7.73. The highest BCUT2D eigenvalue weighted by atomic mass is 35.5. The number of hydrogen-bond acceptors (Lipinski definition) is 5. The lowest BCUT2D eigenvalue weighted by atomic mass is 9.95. The highest BCUT2D eigenvalue weighted by Crippen LogP contribution is 2.37. The smallest absolute Gasteiger partial charge is 0.273 e. The Morgan fingerprint density at radius 1 is 1.24 bits per heavy atom. The number of hydrazine groups is 1. The molecule has 25 heavy (non-hydrogen) atoms. The molecule has 3 rings (SSSR count). The number of nitrogens with zero attached hydrogens (tertiary/aromatic N) is 1. The average molecular weight is 364 g/mol. The first kappa shape index (κ1) is 17.2. The van der Waals surface area contributed by atoms with Crippen LogP contribution in [0, 0.1) is 5.21 Å². The van der Waals surface area contributed by atoms with E-state index in [1.165, 1.54) is 30.3 Å². The second kappa shape index (κ2) is 6.69. The minimum absolute atomic E-state index is 0.00589. The minimum atomic E-state index is -1.11. The van der Waals surface area contributed by atoms with Crippen molar-refractivity contribution in [3.63, 3.8) is 0 Å². The number of quaternary nitrogens is 1. The number of para-hydroxylation sites is 1. The SMILES string of the molecule is O=C(NN1C(=O)C(Cl)C1c1cccc([NH+]([O-])O)c1)c1ccccc1O. The fourth-order valence-corrected chi connectivity index (χ4v) is 2.95. The van der Waals surface area contributed by atoms with Crippen LogP contribution in [0.25, 0.3) is 0 Å². The van der Waals surface area contributed by atoms with E-state index in [1.807, 2.05) is 0 Å². The van der Waals surface area contributed by atoms with Gasteiger partial charge in [0.1, 0.15) is 17.2 Å². The number of phenolic OH excluding ortho intramolecular Hbond substituents is 1. The van der Waals surface area contributed by atoms with Crippen LogP contribution in [0.1, 0.15) is 22.0 Å². The number of carbonyl (C=O) groups is 2. The third-order valence-electron chi connectivity index (χ3n) is 3.87. The van der Waals surface area contributed by atoms with E-state index >= 15 is 0 Å². The van der Waals surface area contributed by atoms with E-state index in [-0.39, 0.29) is 17.0 Å². The number of rotatable bonds is 4. The van der Waals surface area contributed by atoms with Crippen LogP contribution in [-0.2, 0) is 4.79 Å². The molecule has 2 aromatic carbocycles. The molecule has 4 N–H and O–H groups in total. The number of hydrogen-bond donors (Lipinski definition) is 4. The third-order valence-corrected chi connectivity index (χ3v) is 4.30. The molecule has 9 heteroatoms. The number of benzene rings is 2.